The predicted molar refractivity (Wildman–Crippen MR) is 180 cm³/mol. The van der Waals surface area contributed by atoms with E-state index in [0.29, 0.717) is 62.3 Å². The summed E-state index contributed by atoms with van der Waals surface area (Å²) in [5, 5.41) is 14.0. The summed E-state index contributed by atoms with van der Waals surface area (Å²) in [6.45, 7) is 7.06. The van der Waals surface area contributed by atoms with Crippen molar-refractivity contribution in [3.63, 3.8) is 0 Å². The van der Waals surface area contributed by atoms with Crippen LogP contribution in [0.5, 0.6) is 0 Å². The number of dihydropyridines is 1. The van der Waals surface area contributed by atoms with Crippen LogP contribution < -0.4 is 16.3 Å². The normalized spacial score (nSPS) is 22.2. The van der Waals surface area contributed by atoms with E-state index in [-0.39, 0.29) is 23.9 Å². The van der Waals surface area contributed by atoms with Crippen molar-refractivity contribution >= 4 is 40.0 Å². The van der Waals surface area contributed by atoms with Gasteiger partial charge >= 0.3 is 23.7 Å². The molecule has 0 radical (unpaired) electrons. The minimum absolute atomic E-state index is 0.154. The van der Waals surface area contributed by atoms with Crippen molar-refractivity contribution in [2.75, 3.05) is 14.2 Å². The molecule has 5 heterocycles. The number of hydrogen-bond donors (Lipinski definition) is 3. The minimum Gasteiger partial charge on any atom is -0.466 e. The molecule has 14 heteroatoms. The highest BCUT2D eigenvalue weighted by atomic mass is 16.6. The first kappa shape index (κ1) is 33.7. The number of aromatic amines is 1. The Morgan fingerprint density at radius 1 is 0.959 bits per heavy atom. The van der Waals surface area contributed by atoms with Crippen LogP contribution in [-0.4, -0.2) is 81.1 Å². The lowest BCUT2D eigenvalue weighted by molar-refractivity contribution is -0.143. The molecular formula is C35H41N7O7. The maximum atomic E-state index is 12.9. The van der Waals surface area contributed by atoms with E-state index in [2.05, 4.69) is 37.9 Å². The molecule has 0 saturated carbocycles. The summed E-state index contributed by atoms with van der Waals surface area (Å²) in [7, 11) is 3.47. The molecule has 3 aliphatic heterocycles. The fourth-order valence-electron chi connectivity index (χ4n) is 7.32. The van der Waals surface area contributed by atoms with Crippen LogP contribution in [0, 0.1) is 0 Å². The monoisotopic (exact) mass is 671 g/mol. The Morgan fingerprint density at radius 2 is 1.63 bits per heavy atom. The van der Waals surface area contributed by atoms with Gasteiger partial charge < -0.3 is 30.0 Å². The van der Waals surface area contributed by atoms with E-state index in [4.69, 9.17) is 14.1 Å². The molecule has 2 saturated heterocycles. The molecule has 4 atom stereocenters. The first-order valence-corrected chi connectivity index (χ1v) is 16.4. The molecule has 2 aromatic heterocycles. The van der Waals surface area contributed by atoms with Crippen molar-refractivity contribution in [3.8, 4) is 0 Å². The molecule has 258 valence electrons. The third-order valence-corrected chi connectivity index (χ3v) is 9.58. The number of amides is 1. The Labute approximate surface area is 282 Å². The van der Waals surface area contributed by atoms with Crippen molar-refractivity contribution in [3.05, 3.63) is 81.1 Å². The van der Waals surface area contributed by atoms with Crippen LogP contribution >= 0.6 is 0 Å². The summed E-state index contributed by atoms with van der Waals surface area (Å²) in [5.41, 5.74) is 4.39. The van der Waals surface area contributed by atoms with Crippen molar-refractivity contribution < 1.29 is 28.5 Å². The van der Waals surface area contributed by atoms with E-state index in [0.717, 1.165) is 12.8 Å². The number of esters is 2. The van der Waals surface area contributed by atoms with Crippen LogP contribution in [0.25, 0.3) is 22.1 Å². The van der Waals surface area contributed by atoms with Gasteiger partial charge in [-0.05, 0) is 94.5 Å². The Kier molecular flexibility index (Phi) is 9.41. The van der Waals surface area contributed by atoms with Crippen molar-refractivity contribution in [1.82, 2.24) is 35.4 Å². The minimum atomic E-state index is -0.722. The van der Waals surface area contributed by atoms with Gasteiger partial charge in [-0.2, -0.15) is 0 Å². The highest BCUT2D eigenvalue weighted by Gasteiger charge is 2.40. The predicted octanol–water partition coefficient (Wildman–Crippen LogP) is 4.09. The number of nitrogens with one attached hydrogen (secondary N) is 3. The molecule has 4 aromatic rings. The third-order valence-electron chi connectivity index (χ3n) is 9.58. The van der Waals surface area contributed by atoms with E-state index < -0.39 is 17.9 Å². The number of carbonyl (C=O) groups excluding carboxylic acids is 3. The number of rotatable bonds is 5. The van der Waals surface area contributed by atoms with Gasteiger partial charge in [0.25, 0.3) is 0 Å². The lowest BCUT2D eigenvalue weighted by Gasteiger charge is -2.36. The quantitative estimate of drug-likeness (QED) is 0.261. The Bertz CT molecular complexity index is 2020. The van der Waals surface area contributed by atoms with Crippen LogP contribution in [0.1, 0.15) is 64.9 Å². The number of fused-ring (bicyclic) bond motifs is 4. The van der Waals surface area contributed by atoms with E-state index in [1.807, 2.05) is 12.1 Å². The summed E-state index contributed by atoms with van der Waals surface area (Å²) >= 11 is 0. The summed E-state index contributed by atoms with van der Waals surface area (Å²) in [4.78, 5) is 55.2. The number of allylic oxidation sites excluding steroid dienone is 2. The number of H-pyrrole nitrogens is 1. The highest BCUT2D eigenvalue weighted by molar-refractivity contribution is 6.01. The molecule has 3 N–H and O–H groups in total. The number of methoxy groups -OCH3 is 1. The summed E-state index contributed by atoms with van der Waals surface area (Å²) in [6.07, 6.45) is 4.05. The third kappa shape index (κ3) is 6.47. The number of nitrogens with zero attached hydrogens (tertiary/aromatic N) is 4. The van der Waals surface area contributed by atoms with Crippen LogP contribution in [0.2, 0.25) is 0 Å². The van der Waals surface area contributed by atoms with Gasteiger partial charge in [-0.25, -0.2) is 28.4 Å². The largest absolute Gasteiger partial charge is 0.466 e. The maximum Gasteiger partial charge on any atom is 0.337 e. The molecule has 2 aromatic carbocycles. The second-order valence-corrected chi connectivity index (χ2v) is 13.0. The highest BCUT2D eigenvalue weighted by Crippen LogP contribution is 2.41. The Balaban J connectivity index is 0.000000173. The average molecular weight is 672 g/mol. The van der Waals surface area contributed by atoms with Gasteiger partial charge in [0.2, 0.25) is 0 Å². The molecule has 2 unspecified atom stereocenters. The number of para-hydroxylation sites is 2. The van der Waals surface area contributed by atoms with Crippen LogP contribution in [0.15, 0.2) is 74.4 Å². The molecule has 49 heavy (non-hydrogen) atoms. The Hall–Kier alpha value is -5.24. The van der Waals surface area contributed by atoms with E-state index in [1.54, 1.807) is 58.0 Å². The number of hydrogen-bond acceptors (Lipinski definition) is 11. The number of benzene rings is 2. The van der Waals surface area contributed by atoms with Crippen LogP contribution in [0.4, 0.5) is 4.79 Å². The molecule has 2 fully saturated rings. The smallest absolute Gasteiger partial charge is 0.337 e. The molecular weight excluding hydrogens is 630 g/mol. The van der Waals surface area contributed by atoms with Gasteiger partial charge in [0.1, 0.15) is 11.0 Å². The number of aromatic nitrogens is 4. The zero-order chi connectivity index (χ0) is 35.0. The summed E-state index contributed by atoms with van der Waals surface area (Å²) in [6, 6.07) is 13.5. The van der Waals surface area contributed by atoms with Gasteiger partial charge in [-0.15, -0.1) is 0 Å². The van der Waals surface area contributed by atoms with Gasteiger partial charge in [0.15, 0.2) is 0 Å². The van der Waals surface area contributed by atoms with E-state index in [9.17, 15) is 19.2 Å². The number of piperidine rings is 1. The fourth-order valence-corrected chi connectivity index (χ4v) is 7.32. The van der Waals surface area contributed by atoms with E-state index in [1.165, 1.54) is 24.5 Å². The second-order valence-electron chi connectivity index (χ2n) is 13.0. The zero-order valence-electron chi connectivity index (χ0n) is 28.4. The van der Waals surface area contributed by atoms with Gasteiger partial charge in [-0.3, -0.25) is 0 Å². The van der Waals surface area contributed by atoms with Crippen molar-refractivity contribution in [1.29, 1.82) is 0 Å². The SMILES string of the molecule is CN1[C@@H]2CC[C@H]1CC(NC(=O)n1c(=O)[nH]c3ccccc31)C2.COC(=O)C1=C(C)NC(C)=C(C(=O)OC(C)C)C1c1cccc2nonc12. The molecule has 14 nitrogen and oxygen atoms in total. The lowest BCUT2D eigenvalue weighted by Crippen LogP contribution is -2.50. The summed E-state index contributed by atoms with van der Waals surface area (Å²) < 4.78 is 16.5. The molecule has 2 bridgehead atoms. The van der Waals surface area contributed by atoms with Crippen molar-refractivity contribution in [2.24, 2.45) is 0 Å². The standard InChI is InChI=1S/C19H21N3O5.C16H20N4O2/c1-9(2)26-19(24)15-11(4)20-10(3)14(18(23)25-5)16(15)12-7-6-8-13-17(12)22-27-21-13;1-19-11-6-7-12(19)9-10(8-11)17-15(21)20-14-5-3-2-4-13(14)18-16(20)22/h6-9,16,20H,1-5H3;2-5,10-12H,6-9H2,1H3,(H,17,21)(H,18,22)/t;10?,11-,12+. The average Bonchev–Trinajstić information content (AvgIpc) is 3.72. The fraction of sp³-hybridized carbons (Fsp3) is 0.429. The maximum absolute atomic E-state index is 12.9. The van der Waals surface area contributed by atoms with Crippen LogP contribution in [0.3, 0.4) is 0 Å². The molecule has 1 amide bonds. The number of imidazole rings is 1. The van der Waals surface area contributed by atoms with Crippen LogP contribution in [-0.2, 0) is 19.1 Å². The molecule has 3 aliphatic rings. The van der Waals surface area contributed by atoms with E-state index >= 15 is 0 Å². The molecule has 0 spiro atoms. The first-order chi connectivity index (χ1) is 23.5. The van der Waals surface area contributed by atoms with Crippen molar-refractivity contribution in [2.45, 2.75) is 83.5 Å². The van der Waals surface area contributed by atoms with Gasteiger partial charge in [0.05, 0.1) is 41.3 Å². The zero-order valence-corrected chi connectivity index (χ0v) is 28.4. The molecule has 0 aliphatic carbocycles. The topological polar surface area (TPSA) is 174 Å². The number of carbonyl (C=O) groups is 3. The van der Waals surface area contributed by atoms with Gasteiger partial charge in [-0.1, -0.05) is 24.3 Å². The van der Waals surface area contributed by atoms with Gasteiger partial charge in [0, 0.05) is 29.5 Å². The lowest BCUT2D eigenvalue weighted by atomic mass is 9.80. The Morgan fingerprint density at radius 3 is 2.31 bits per heavy atom. The second kappa shape index (κ2) is 13.7. The summed E-state index contributed by atoms with van der Waals surface area (Å²) in [5.74, 6) is -1.77. The first-order valence-electron chi connectivity index (χ1n) is 16.4. The molecule has 7 rings (SSSR count). The number of ether oxygens (including phenoxy) is 2.